The van der Waals surface area contributed by atoms with Crippen molar-refractivity contribution in [3.8, 4) is 11.8 Å². The van der Waals surface area contributed by atoms with Crippen LogP contribution in [-0.4, -0.2) is 20.0 Å². The van der Waals surface area contributed by atoms with Crippen molar-refractivity contribution in [2.75, 3.05) is 0 Å². The molecule has 3 aromatic rings. The summed E-state index contributed by atoms with van der Waals surface area (Å²) in [6.45, 7) is 0. The number of hydrogen-bond donors (Lipinski definition) is 2. The number of rotatable bonds is 3. The number of aromatic amines is 1. The van der Waals surface area contributed by atoms with E-state index in [1.807, 2.05) is 24.3 Å². The highest BCUT2D eigenvalue weighted by atomic mass is 16.6. The van der Waals surface area contributed by atoms with E-state index in [2.05, 4.69) is 9.97 Å². The van der Waals surface area contributed by atoms with Gasteiger partial charge in [-0.15, -0.1) is 0 Å². The Bertz CT molecular complexity index is 949. The summed E-state index contributed by atoms with van der Waals surface area (Å²) in [6.07, 6.45) is 1.36. The fourth-order valence-electron chi connectivity index (χ4n) is 2.20. The number of nitrogens with zero attached hydrogens (tertiary/aromatic N) is 3. The zero-order valence-electron chi connectivity index (χ0n) is 11.7. The van der Waals surface area contributed by atoms with Crippen LogP contribution in [0.15, 0.2) is 42.5 Å². The lowest BCUT2D eigenvalue weighted by Crippen LogP contribution is -1.90. The lowest BCUT2D eigenvalue weighted by molar-refractivity contribution is -0.385. The minimum atomic E-state index is -0.681. The minimum absolute atomic E-state index is 0.164. The second-order valence-corrected chi connectivity index (χ2v) is 4.74. The van der Waals surface area contributed by atoms with E-state index in [1.165, 1.54) is 24.3 Å². The molecule has 0 radical (unpaired) electrons. The summed E-state index contributed by atoms with van der Waals surface area (Å²) in [6, 6.07) is 13.4. The second-order valence-electron chi connectivity index (χ2n) is 4.74. The average molecular weight is 306 g/mol. The number of hydrogen-bond acceptors (Lipinski definition) is 5. The fraction of sp³-hybridized carbons (Fsp3) is 0. The van der Waals surface area contributed by atoms with Gasteiger partial charge in [0.2, 0.25) is 5.75 Å². The van der Waals surface area contributed by atoms with Gasteiger partial charge in [0, 0.05) is 11.6 Å². The average Bonchev–Trinajstić information content (AvgIpc) is 2.97. The van der Waals surface area contributed by atoms with Crippen molar-refractivity contribution in [3.05, 3.63) is 64.0 Å². The monoisotopic (exact) mass is 306 g/mol. The summed E-state index contributed by atoms with van der Waals surface area (Å²) >= 11 is 0. The van der Waals surface area contributed by atoms with Crippen molar-refractivity contribution < 1.29 is 10.0 Å². The normalized spacial score (nSPS) is 11.3. The number of nitro groups is 1. The molecule has 0 aliphatic carbocycles. The third kappa shape index (κ3) is 2.61. The van der Waals surface area contributed by atoms with Gasteiger partial charge in [-0.3, -0.25) is 10.1 Å². The Kier molecular flexibility index (Phi) is 3.49. The molecule has 2 aromatic carbocycles. The van der Waals surface area contributed by atoms with Gasteiger partial charge in [-0.25, -0.2) is 4.98 Å². The third-order valence-corrected chi connectivity index (χ3v) is 3.31. The summed E-state index contributed by atoms with van der Waals surface area (Å²) in [4.78, 5) is 17.5. The molecular formula is C16H10N4O3. The summed E-state index contributed by atoms with van der Waals surface area (Å²) < 4.78 is 0. The summed E-state index contributed by atoms with van der Waals surface area (Å²) in [5, 5.41) is 30.2. The van der Waals surface area contributed by atoms with Gasteiger partial charge in [0.15, 0.2) is 0 Å². The van der Waals surface area contributed by atoms with Crippen LogP contribution in [0.1, 0.15) is 11.4 Å². The van der Waals surface area contributed by atoms with Crippen LogP contribution in [0.25, 0.3) is 22.7 Å². The summed E-state index contributed by atoms with van der Waals surface area (Å²) in [5.41, 5.74) is 1.40. The molecule has 0 saturated heterocycles. The number of nitro benzene ring substituents is 1. The van der Waals surface area contributed by atoms with E-state index in [4.69, 9.17) is 0 Å². The number of nitriles is 1. The quantitative estimate of drug-likeness (QED) is 0.437. The SMILES string of the molecule is N#C/C(=C\c1cccc([N+](=O)[O-])c1O)c1nc2ccccc2[nH]1. The molecule has 0 bridgehead atoms. The van der Waals surface area contributed by atoms with Crippen molar-refractivity contribution in [1.29, 1.82) is 5.26 Å². The first-order valence-electron chi connectivity index (χ1n) is 6.63. The molecule has 0 spiro atoms. The van der Waals surface area contributed by atoms with Gasteiger partial charge in [0.1, 0.15) is 11.9 Å². The zero-order chi connectivity index (χ0) is 16.4. The molecule has 0 amide bonds. The Morgan fingerprint density at radius 2 is 2.09 bits per heavy atom. The molecule has 0 unspecified atom stereocenters. The first-order chi connectivity index (χ1) is 11.1. The lowest BCUT2D eigenvalue weighted by Gasteiger charge is -2.00. The van der Waals surface area contributed by atoms with Crippen LogP contribution in [0.5, 0.6) is 5.75 Å². The van der Waals surface area contributed by atoms with Gasteiger partial charge in [0.25, 0.3) is 0 Å². The van der Waals surface area contributed by atoms with Crippen LogP contribution in [-0.2, 0) is 0 Å². The molecule has 23 heavy (non-hydrogen) atoms. The van der Waals surface area contributed by atoms with E-state index in [0.717, 1.165) is 5.52 Å². The first-order valence-corrected chi connectivity index (χ1v) is 6.63. The van der Waals surface area contributed by atoms with Gasteiger partial charge in [-0.05, 0) is 18.2 Å². The van der Waals surface area contributed by atoms with Crippen molar-refractivity contribution in [3.63, 3.8) is 0 Å². The number of nitrogens with one attached hydrogen (secondary N) is 1. The molecule has 0 atom stereocenters. The van der Waals surface area contributed by atoms with Crippen LogP contribution >= 0.6 is 0 Å². The number of allylic oxidation sites excluding steroid dienone is 1. The molecule has 0 saturated carbocycles. The van der Waals surface area contributed by atoms with Gasteiger partial charge in [-0.1, -0.05) is 24.3 Å². The minimum Gasteiger partial charge on any atom is -0.502 e. The molecule has 112 valence electrons. The van der Waals surface area contributed by atoms with Gasteiger partial charge >= 0.3 is 5.69 Å². The molecular weight excluding hydrogens is 296 g/mol. The maximum absolute atomic E-state index is 10.9. The molecule has 0 aliphatic rings. The highest BCUT2D eigenvalue weighted by molar-refractivity contribution is 5.91. The van der Waals surface area contributed by atoms with Crippen molar-refractivity contribution >= 4 is 28.4 Å². The Hall–Kier alpha value is -3.66. The van der Waals surface area contributed by atoms with E-state index in [-0.39, 0.29) is 11.1 Å². The van der Waals surface area contributed by atoms with Crippen molar-refractivity contribution in [2.24, 2.45) is 0 Å². The fourth-order valence-corrected chi connectivity index (χ4v) is 2.20. The number of phenolic OH excluding ortho intramolecular Hbond substituents is 1. The number of fused-ring (bicyclic) bond motifs is 1. The van der Waals surface area contributed by atoms with Crippen molar-refractivity contribution in [2.45, 2.75) is 0 Å². The highest BCUT2D eigenvalue weighted by Crippen LogP contribution is 2.31. The van der Waals surface area contributed by atoms with Crippen LogP contribution in [0.3, 0.4) is 0 Å². The molecule has 1 heterocycles. The van der Waals surface area contributed by atoms with Gasteiger partial charge < -0.3 is 10.1 Å². The number of benzene rings is 2. The number of H-pyrrole nitrogens is 1. The molecule has 7 nitrogen and oxygen atoms in total. The third-order valence-electron chi connectivity index (χ3n) is 3.31. The van der Waals surface area contributed by atoms with E-state index in [1.54, 1.807) is 6.07 Å². The van der Waals surface area contributed by atoms with Crippen LogP contribution in [0.2, 0.25) is 0 Å². The largest absolute Gasteiger partial charge is 0.502 e. The zero-order valence-corrected chi connectivity index (χ0v) is 11.7. The smallest absolute Gasteiger partial charge is 0.311 e. The Morgan fingerprint density at radius 3 is 2.78 bits per heavy atom. The lowest BCUT2D eigenvalue weighted by atomic mass is 10.1. The van der Waals surface area contributed by atoms with Gasteiger partial charge in [-0.2, -0.15) is 5.26 Å². The highest BCUT2D eigenvalue weighted by Gasteiger charge is 2.16. The molecule has 1 aromatic heterocycles. The summed E-state index contributed by atoms with van der Waals surface area (Å²) in [7, 11) is 0. The van der Waals surface area contributed by atoms with E-state index < -0.39 is 16.4 Å². The second kappa shape index (κ2) is 5.61. The van der Waals surface area contributed by atoms with Crippen LogP contribution < -0.4 is 0 Å². The summed E-state index contributed by atoms with van der Waals surface area (Å²) in [5.74, 6) is -0.152. The van der Waals surface area contributed by atoms with Crippen LogP contribution in [0.4, 0.5) is 5.69 Å². The van der Waals surface area contributed by atoms with Gasteiger partial charge in [0.05, 0.1) is 21.5 Å². The van der Waals surface area contributed by atoms with E-state index >= 15 is 0 Å². The molecule has 7 heteroatoms. The predicted molar refractivity (Wildman–Crippen MR) is 84.3 cm³/mol. The standard InChI is InChI=1S/C16H10N4O3/c17-9-11(16-18-12-5-1-2-6-13(12)19-16)8-10-4-3-7-14(15(10)21)20(22)23/h1-8,21H,(H,18,19)/b11-8+. The maximum Gasteiger partial charge on any atom is 0.311 e. The molecule has 0 fully saturated rings. The van der Waals surface area contributed by atoms with E-state index in [9.17, 15) is 20.5 Å². The number of imidazole rings is 1. The number of phenols is 1. The first kappa shape index (κ1) is 14.3. The molecule has 0 aliphatic heterocycles. The number of para-hydroxylation sites is 3. The van der Waals surface area contributed by atoms with Crippen molar-refractivity contribution in [1.82, 2.24) is 9.97 Å². The molecule has 3 rings (SSSR count). The maximum atomic E-state index is 10.9. The van der Waals surface area contributed by atoms with Crippen LogP contribution in [0, 0.1) is 21.4 Å². The van der Waals surface area contributed by atoms with E-state index in [0.29, 0.717) is 11.3 Å². The Balaban J connectivity index is 2.11. The Morgan fingerprint density at radius 1 is 1.30 bits per heavy atom. The number of aromatic hydroxyl groups is 1. The number of aromatic nitrogens is 2. The predicted octanol–water partition coefficient (Wildman–Crippen LogP) is 3.24. The topological polar surface area (TPSA) is 116 Å². The Labute approximate surface area is 130 Å². The molecule has 2 N–H and O–H groups in total.